The normalized spacial score (nSPS) is 10.6. The van der Waals surface area contributed by atoms with Gasteiger partial charge in [0.25, 0.3) is 11.1 Å². The number of anilines is 1. The highest BCUT2D eigenvalue weighted by atomic mass is 32.2. The summed E-state index contributed by atoms with van der Waals surface area (Å²) >= 11 is 1.06. The topological polar surface area (TPSA) is 111 Å². The van der Waals surface area contributed by atoms with Crippen LogP contribution >= 0.6 is 11.8 Å². The Morgan fingerprint density at radius 3 is 2.69 bits per heavy atom. The maximum atomic E-state index is 11.9. The Labute approximate surface area is 171 Å². The Hall–Kier alpha value is -3.33. The van der Waals surface area contributed by atoms with Gasteiger partial charge in [0.15, 0.2) is 12.2 Å². The number of aryl methyl sites for hydroxylation is 2. The fraction of sp³-hybridized carbons (Fsp3) is 0.200. The summed E-state index contributed by atoms with van der Waals surface area (Å²) in [5.74, 6) is -1.43. The zero-order valence-electron chi connectivity index (χ0n) is 15.9. The first kappa shape index (κ1) is 20.4. The Balaban J connectivity index is 1.40. The molecule has 0 saturated carbocycles. The molecule has 0 aliphatic rings. The van der Waals surface area contributed by atoms with E-state index >= 15 is 0 Å². The molecule has 8 nitrogen and oxygen atoms in total. The molecule has 0 unspecified atom stereocenters. The Bertz CT molecular complexity index is 1030. The van der Waals surface area contributed by atoms with Crippen molar-refractivity contribution in [2.24, 2.45) is 0 Å². The second-order valence-corrected chi connectivity index (χ2v) is 7.14. The molecule has 2 N–H and O–H groups in total. The van der Waals surface area contributed by atoms with Gasteiger partial charge in [-0.1, -0.05) is 41.6 Å². The molecular weight excluding hydrogens is 394 g/mol. The smallest absolute Gasteiger partial charge is 0.325 e. The van der Waals surface area contributed by atoms with E-state index in [1.165, 1.54) is 0 Å². The highest BCUT2D eigenvalue weighted by Crippen LogP contribution is 2.23. The van der Waals surface area contributed by atoms with Crippen molar-refractivity contribution in [2.75, 3.05) is 17.7 Å². The number of fused-ring (bicyclic) bond motifs is 1. The number of nitrogens with one attached hydrogen (secondary N) is 2. The average molecular weight is 413 g/mol. The summed E-state index contributed by atoms with van der Waals surface area (Å²) in [7, 11) is 0. The zero-order chi connectivity index (χ0) is 20.8. The summed E-state index contributed by atoms with van der Waals surface area (Å²) in [6, 6.07) is 12.0. The van der Waals surface area contributed by atoms with Crippen LogP contribution in [-0.4, -0.2) is 35.3 Å². The van der Waals surface area contributed by atoms with Gasteiger partial charge in [0, 0.05) is 5.69 Å². The van der Waals surface area contributed by atoms with E-state index in [1.54, 1.807) is 18.2 Å². The van der Waals surface area contributed by atoms with Gasteiger partial charge in [-0.15, -0.1) is 0 Å². The maximum absolute atomic E-state index is 11.9. The first-order valence-corrected chi connectivity index (χ1v) is 9.71. The third kappa shape index (κ3) is 5.82. The first-order chi connectivity index (χ1) is 13.9. The van der Waals surface area contributed by atoms with E-state index in [9.17, 15) is 14.4 Å². The molecule has 0 aliphatic heterocycles. The van der Waals surface area contributed by atoms with Gasteiger partial charge in [0.05, 0.1) is 0 Å². The minimum Gasteiger partial charge on any atom is -0.455 e. The van der Waals surface area contributed by atoms with Crippen LogP contribution in [0.3, 0.4) is 0 Å². The van der Waals surface area contributed by atoms with E-state index in [0.29, 0.717) is 22.0 Å². The van der Waals surface area contributed by atoms with Gasteiger partial charge in [-0.3, -0.25) is 14.9 Å². The largest absolute Gasteiger partial charge is 0.455 e. The van der Waals surface area contributed by atoms with Crippen LogP contribution in [-0.2, 0) is 14.3 Å². The molecule has 0 saturated heterocycles. The zero-order valence-corrected chi connectivity index (χ0v) is 16.7. The number of amides is 3. The third-order valence-corrected chi connectivity index (χ3v) is 4.64. The van der Waals surface area contributed by atoms with E-state index < -0.39 is 24.5 Å². The van der Waals surface area contributed by atoms with E-state index in [-0.39, 0.29) is 5.75 Å². The molecule has 0 spiro atoms. The molecule has 2 aromatic carbocycles. The van der Waals surface area contributed by atoms with Crippen LogP contribution in [0.15, 0.2) is 52.1 Å². The molecule has 0 atom stereocenters. The Kier molecular flexibility index (Phi) is 6.50. The van der Waals surface area contributed by atoms with Crippen LogP contribution < -0.4 is 10.6 Å². The number of hydrogen-bond donors (Lipinski definition) is 2. The number of para-hydroxylation sites is 2. The van der Waals surface area contributed by atoms with Crippen molar-refractivity contribution in [3.63, 3.8) is 0 Å². The Morgan fingerprint density at radius 1 is 1.14 bits per heavy atom. The van der Waals surface area contributed by atoms with Gasteiger partial charge in [-0.2, -0.15) is 0 Å². The number of esters is 1. The third-order valence-electron chi connectivity index (χ3n) is 3.84. The average Bonchev–Trinajstić information content (AvgIpc) is 3.10. The molecule has 0 fully saturated rings. The number of nitrogens with zero attached hydrogens (tertiary/aromatic N) is 1. The standard InChI is InChI=1S/C20H19N3O5S/c1-12-7-8-14(13(2)9-12)21-19(26)23-17(24)10-27-18(25)11-29-20-22-15-5-3-4-6-16(15)28-20/h3-9H,10-11H2,1-2H3,(H2,21,23,24,26). The molecule has 29 heavy (non-hydrogen) atoms. The van der Waals surface area contributed by atoms with Crippen LogP contribution in [0.4, 0.5) is 10.5 Å². The van der Waals surface area contributed by atoms with Crippen molar-refractivity contribution in [1.82, 2.24) is 10.3 Å². The molecule has 1 aromatic heterocycles. The number of oxazole rings is 1. The number of urea groups is 1. The van der Waals surface area contributed by atoms with Crippen molar-refractivity contribution in [1.29, 1.82) is 0 Å². The minimum absolute atomic E-state index is 0.0745. The van der Waals surface area contributed by atoms with Crippen LogP contribution in [0.25, 0.3) is 11.1 Å². The van der Waals surface area contributed by atoms with Gasteiger partial charge >= 0.3 is 12.0 Å². The fourth-order valence-electron chi connectivity index (χ4n) is 2.49. The van der Waals surface area contributed by atoms with E-state index in [2.05, 4.69) is 15.6 Å². The number of rotatable bonds is 6. The van der Waals surface area contributed by atoms with Crippen LogP contribution in [0.2, 0.25) is 0 Å². The fourth-order valence-corrected chi connectivity index (χ4v) is 3.13. The molecule has 0 aliphatic carbocycles. The predicted molar refractivity (Wildman–Crippen MR) is 109 cm³/mol. The van der Waals surface area contributed by atoms with Crippen LogP contribution in [0.5, 0.6) is 0 Å². The molecule has 0 bridgehead atoms. The van der Waals surface area contributed by atoms with Crippen LogP contribution in [0.1, 0.15) is 11.1 Å². The summed E-state index contributed by atoms with van der Waals surface area (Å²) in [4.78, 5) is 39.7. The summed E-state index contributed by atoms with van der Waals surface area (Å²) in [6.45, 7) is 3.23. The quantitative estimate of drug-likeness (QED) is 0.470. The van der Waals surface area contributed by atoms with Gasteiger partial charge in [-0.25, -0.2) is 9.78 Å². The van der Waals surface area contributed by atoms with E-state index in [1.807, 2.05) is 38.1 Å². The van der Waals surface area contributed by atoms with E-state index in [4.69, 9.17) is 9.15 Å². The summed E-state index contributed by atoms with van der Waals surface area (Å²) in [6.07, 6.45) is 0. The first-order valence-electron chi connectivity index (χ1n) is 8.73. The lowest BCUT2D eigenvalue weighted by molar-refractivity contribution is -0.145. The molecule has 150 valence electrons. The second kappa shape index (κ2) is 9.24. The molecule has 0 radical (unpaired) electrons. The number of hydrogen-bond acceptors (Lipinski definition) is 7. The highest BCUT2D eigenvalue weighted by Gasteiger charge is 2.14. The molecule has 9 heteroatoms. The summed E-state index contributed by atoms with van der Waals surface area (Å²) in [5.41, 5.74) is 3.84. The molecule has 3 aromatic rings. The number of carbonyl (C=O) groups excluding carboxylic acids is 3. The number of ether oxygens (including phenoxy) is 1. The summed E-state index contributed by atoms with van der Waals surface area (Å²) < 4.78 is 10.4. The lowest BCUT2D eigenvalue weighted by Crippen LogP contribution is -2.37. The van der Waals surface area contributed by atoms with Gasteiger partial charge < -0.3 is 14.5 Å². The number of carbonyl (C=O) groups is 3. The van der Waals surface area contributed by atoms with E-state index in [0.717, 1.165) is 22.9 Å². The summed E-state index contributed by atoms with van der Waals surface area (Å²) in [5, 5.41) is 5.03. The van der Waals surface area contributed by atoms with Crippen LogP contribution in [0, 0.1) is 13.8 Å². The number of aromatic nitrogens is 1. The van der Waals surface area contributed by atoms with Gasteiger partial charge in [0.1, 0.15) is 11.3 Å². The molecule has 1 heterocycles. The predicted octanol–water partition coefficient (Wildman–Crippen LogP) is 3.43. The minimum atomic E-state index is -0.729. The highest BCUT2D eigenvalue weighted by molar-refractivity contribution is 7.99. The monoisotopic (exact) mass is 413 g/mol. The molecule has 3 rings (SSSR count). The number of thioether (sulfide) groups is 1. The van der Waals surface area contributed by atoms with Crippen molar-refractivity contribution in [3.8, 4) is 0 Å². The van der Waals surface area contributed by atoms with Crippen molar-refractivity contribution in [3.05, 3.63) is 53.6 Å². The van der Waals surface area contributed by atoms with Crippen molar-refractivity contribution < 1.29 is 23.5 Å². The lowest BCUT2D eigenvalue weighted by Gasteiger charge is -2.10. The molecular formula is C20H19N3O5S. The number of benzene rings is 2. The SMILES string of the molecule is Cc1ccc(NC(=O)NC(=O)COC(=O)CSc2nc3ccccc3o2)c(C)c1. The Morgan fingerprint density at radius 2 is 1.93 bits per heavy atom. The number of imide groups is 1. The van der Waals surface area contributed by atoms with Crippen molar-refractivity contribution >= 4 is 46.5 Å². The maximum Gasteiger partial charge on any atom is 0.325 e. The van der Waals surface area contributed by atoms with Gasteiger partial charge in [0.2, 0.25) is 0 Å². The van der Waals surface area contributed by atoms with Gasteiger partial charge in [-0.05, 0) is 37.6 Å². The molecule has 3 amide bonds. The second-order valence-electron chi connectivity index (χ2n) is 6.22. The lowest BCUT2D eigenvalue weighted by atomic mass is 10.1. The van der Waals surface area contributed by atoms with Crippen molar-refractivity contribution in [2.45, 2.75) is 19.1 Å².